The van der Waals surface area contributed by atoms with Crippen molar-refractivity contribution in [1.82, 2.24) is 9.55 Å². The van der Waals surface area contributed by atoms with E-state index in [1.165, 1.54) is 52.7 Å². The highest BCUT2D eigenvalue weighted by Crippen LogP contribution is 2.31. The topological polar surface area (TPSA) is 116 Å². The fourth-order valence-electron chi connectivity index (χ4n) is 3.21. The van der Waals surface area contributed by atoms with Crippen LogP contribution in [0.1, 0.15) is 5.69 Å². The van der Waals surface area contributed by atoms with Gasteiger partial charge in [-0.2, -0.15) is 0 Å². The first-order valence-electron chi connectivity index (χ1n) is 9.93. The third-order valence-corrected chi connectivity index (χ3v) is 6.74. The monoisotopic (exact) mass is 524 g/mol. The Bertz CT molecular complexity index is 1330. The van der Waals surface area contributed by atoms with Crippen LogP contribution in [0.15, 0.2) is 63.4 Å². The molecule has 0 aliphatic carbocycles. The van der Waals surface area contributed by atoms with E-state index in [2.05, 4.69) is 15.0 Å². The van der Waals surface area contributed by atoms with Gasteiger partial charge in [-0.15, -0.1) is 24.9 Å². The summed E-state index contributed by atoms with van der Waals surface area (Å²) in [4.78, 5) is 40.8. The average molecular weight is 525 g/mol. The van der Waals surface area contributed by atoms with E-state index in [1.807, 2.05) is 0 Å². The summed E-state index contributed by atoms with van der Waals surface area (Å²) in [6.45, 7) is 0. The summed E-state index contributed by atoms with van der Waals surface area (Å²) in [5.41, 5.74) is 0.739. The lowest BCUT2D eigenvalue weighted by molar-refractivity contribution is -0.384. The molecule has 1 N–H and O–H groups in total. The van der Waals surface area contributed by atoms with E-state index in [0.29, 0.717) is 28.5 Å². The molecule has 14 heteroatoms. The van der Waals surface area contributed by atoms with Gasteiger partial charge in [-0.3, -0.25) is 24.3 Å². The highest BCUT2D eigenvalue weighted by molar-refractivity contribution is 8.00. The number of benzene rings is 2. The number of hydrogen-bond acceptors (Lipinski definition) is 8. The first-order valence-corrected chi connectivity index (χ1v) is 11.9. The van der Waals surface area contributed by atoms with Gasteiger partial charge in [-0.05, 0) is 36.4 Å². The third kappa shape index (κ3) is 5.95. The molecule has 0 fully saturated rings. The van der Waals surface area contributed by atoms with Gasteiger partial charge in [-0.1, -0.05) is 11.8 Å². The van der Waals surface area contributed by atoms with Gasteiger partial charge in [0.15, 0.2) is 5.16 Å². The Kier molecular flexibility index (Phi) is 7.03. The number of carbonyl (C=O) groups excluding carboxylic acids is 1. The van der Waals surface area contributed by atoms with Crippen molar-refractivity contribution >= 4 is 40.8 Å². The number of nitro groups is 1. The van der Waals surface area contributed by atoms with Crippen LogP contribution in [-0.4, -0.2) is 38.2 Å². The number of carbonyl (C=O) groups is 1. The lowest BCUT2D eigenvalue weighted by atomic mass is 10.3. The number of rotatable bonds is 7. The Balaban J connectivity index is 1.55. The Morgan fingerprint density at radius 1 is 1.20 bits per heavy atom. The molecule has 0 radical (unpaired) electrons. The molecule has 1 aliphatic heterocycles. The molecule has 182 valence electrons. The van der Waals surface area contributed by atoms with Crippen LogP contribution in [0.3, 0.4) is 0 Å². The Labute approximate surface area is 203 Å². The molecule has 1 aromatic heterocycles. The molecule has 4 rings (SSSR count). The summed E-state index contributed by atoms with van der Waals surface area (Å²) < 4.78 is 42.5. The minimum atomic E-state index is -4.85. The molecule has 35 heavy (non-hydrogen) atoms. The van der Waals surface area contributed by atoms with Crippen LogP contribution in [0.2, 0.25) is 0 Å². The third-order valence-electron chi connectivity index (χ3n) is 4.69. The van der Waals surface area contributed by atoms with Crippen molar-refractivity contribution in [2.45, 2.75) is 22.8 Å². The summed E-state index contributed by atoms with van der Waals surface area (Å²) in [7, 11) is 0. The molecule has 2 heterocycles. The highest BCUT2D eigenvalue weighted by atomic mass is 32.2. The molecule has 0 saturated carbocycles. The molecule has 0 unspecified atom stereocenters. The van der Waals surface area contributed by atoms with Gasteiger partial charge in [0.25, 0.3) is 11.2 Å². The SMILES string of the molecule is O=C(CSc1nc2c(c(=O)n1-c1ccc(OC(F)(F)F)cc1)SCC2)Nc1ccc([N+](=O)[O-])cc1. The number of nitro benzene ring substituents is 1. The molecule has 0 bridgehead atoms. The molecule has 1 aliphatic rings. The van der Waals surface area contributed by atoms with Gasteiger partial charge >= 0.3 is 6.36 Å². The number of nitrogens with one attached hydrogen (secondary N) is 1. The Hall–Kier alpha value is -3.52. The number of thioether (sulfide) groups is 2. The lowest BCUT2D eigenvalue weighted by Gasteiger charge is -2.15. The second kappa shape index (κ2) is 10.00. The summed E-state index contributed by atoms with van der Waals surface area (Å²) >= 11 is 2.33. The molecule has 3 aromatic rings. The summed E-state index contributed by atoms with van der Waals surface area (Å²) in [6, 6.07) is 10.1. The van der Waals surface area contributed by atoms with Crippen LogP contribution in [0.5, 0.6) is 5.75 Å². The van der Waals surface area contributed by atoms with E-state index >= 15 is 0 Å². The van der Waals surface area contributed by atoms with Crippen molar-refractivity contribution < 1.29 is 27.6 Å². The van der Waals surface area contributed by atoms with Gasteiger partial charge in [0, 0.05) is 30.0 Å². The number of hydrogen-bond donors (Lipinski definition) is 1. The largest absolute Gasteiger partial charge is 0.573 e. The van der Waals surface area contributed by atoms with Crippen LogP contribution in [0, 0.1) is 10.1 Å². The van der Waals surface area contributed by atoms with Crippen molar-refractivity contribution in [3.8, 4) is 11.4 Å². The number of aromatic nitrogens is 2. The summed E-state index contributed by atoms with van der Waals surface area (Å²) in [5.74, 6) is -0.335. The smallest absolute Gasteiger partial charge is 0.406 e. The van der Waals surface area contributed by atoms with Crippen molar-refractivity contribution in [3.63, 3.8) is 0 Å². The van der Waals surface area contributed by atoms with Crippen LogP contribution < -0.4 is 15.6 Å². The quantitative estimate of drug-likeness (QED) is 0.209. The van der Waals surface area contributed by atoms with E-state index in [9.17, 15) is 32.9 Å². The molecule has 0 atom stereocenters. The minimum absolute atomic E-state index is 0.117. The lowest BCUT2D eigenvalue weighted by Crippen LogP contribution is -2.24. The number of non-ortho nitro benzene ring substituents is 1. The van der Waals surface area contributed by atoms with E-state index in [0.717, 1.165) is 23.9 Å². The van der Waals surface area contributed by atoms with Crippen LogP contribution in [0.4, 0.5) is 24.5 Å². The first kappa shape index (κ1) is 24.6. The Morgan fingerprint density at radius 3 is 2.51 bits per heavy atom. The number of fused-ring (bicyclic) bond motifs is 1. The molecule has 0 spiro atoms. The maximum absolute atomic E-state index is 13.1. The second-order valence-corrected chi connectivity index (χ2v) is 9.14. The number of alkyl halides is 3. The number of ether oxygens (including phenoxy) is 1. The predicted octanol–water partition coefficient (Wildman–Crippen LogP) is 4.42. The fraction of sp³-hybridized carbons (Fsp3) is 0.190. The maximum atomic E-state index is 13.1. The van der Waals surface area contributed by atoms with Crippen molar-refractivity contribution in [2.24, 2.45) is 0 Å². The second-order valence-electron chi connectivity index (χ2n) is 7.09. The minimum Gasteiger partial charge on any atom is -0.406 e. The number of amides is 1. The predicted molar refractivity (Wildman–Crippen MR) is 123 cm³/mol. The fourth-order valence-corrected chi connectivity index (χ4v) is 5.06. The molecule has 1 amide bonds. The van der Waals surface area contributed by atoms with Crippen LogP contribution in [-0.2, 0) is 11.2 Å². The van der Waals surface area contributed by atoms with Gasteiger partial charge in [0.05, 0.1) is 27.0 Å². The van der Waals surface area contributed by atoms with Gasteiger partial charge in [0.2, 0.25) is 5.91 Å². The maximum Gasteiger partial charge on any atom is 0.573 e. The summed E-state index contributed by atoms with van der Waals surface area (Å²) in [5, 5.41) is 13.6. The number of nitrogens with zero attached hydrogens (tertiary/aromatic N) is 3. The average Bonchev–Trinajstić information content (AvgIpc) is 3.27. The zero-order valence-corrected chi connectivity index (χ0v) is 19.2. The van der Waals surface area contributed by atoms with Crippen molar-refractivity contribution in [3.05, 3.63) is 74.7 Å². The van der Waals surface area contributed by atoms with E-state index < -0.39 is 22.9 Å². The number of aryl methyl sites for hydroxylation is 1. The number of anilines is 1. The first-order chi connectivity index (χ1) is 16.6. The summed E-state index contributed by atoms with van der Waals surface area (Å²) in [6.07, 6.45) is -4.26. The zero-order chi connectivity index (χ0) is 25.2. The molecule has 2 aromatic carbocycles. The van der Waals surface area contributed by atoms with E-state index in [4.69, 9.17) is 0 Å². The van der Waals surface area contributed by atoms with E-state index in [-0.39, 0.29) is 27.8 Å². The molecule has 9 nitrogen and oxygen atoms in total. The van der Waals surface area contributed by atoms with E-state index in [1.54, 1.807) is 0 Å². The van der Waals surface area contributed by atoms with Gasteiger partial charge in [0.1, 0.15) is 5.75 Å². The zero-order valence-electron chi connectivity index (χ0n) is 17.6. The highest BCUT2D eigenvalue weighted by Gasteiger charge is 2.31. The van der Waals surface area contributed by atoms with Crippen LogP contribution in [0.25, 0.3) is 5.69 Å². The molecular formula is C21H15F3N4O5S2. The Morgan fingerprint density at radius 2 is 1.89 bits per heavy atom. The van der Waals surface area contributed by atoms with Crippen molar-refractivity contribution in [1.29, 1.82) is 0 Å². The molecule has 0 saturated heterocycles. The standard InChI is InChI=1S/C21H15F3N4O5S2/c22-21(23,24)33-15-7-5-13(6-8-15)27-19(30)18-16(9-10-34-18)26-20(27)35-11-17(29)25-12-1-3-14(4-2-12)28(31)32/h1-8H,9-11H2,(H,25,29). The normalized spacial score (nSPS) is 12.8. The van der Waals surface area contributed by atoms with Crippen LogP contribution >= 0.6 is 23.5 Å². The van der Waals surface area contributed by atoms with Gasteiger partial charge in [-0.25, -0.2) is 4.98 Å². The van der Waals surface area contributed by atoms with Crippen molar-refractivity contribution in [2.75, 3.05) is 16.8 Å². The number of halogens is 3. The molecular weight excluding hydrogens is 509 g/mol. The van der Waals surface area contributed by atoms with Gasteiger partial charge < -0.3 is 10.1 Å².